The van der Waals surface area contributed by atoms with Crippen LogP contribution in [0.3, 0.4) is 0 Å². The first-order chi connectivity index (χ1) is 9.46. The Kier molecular flexibility index (Phi) is 121. The minimum Gasteiger partial charge on any atom is -0.759 e. The van der Waals surface area contributed by atoms with Crippen LogP contribution in [0.15, 0.2) is 0 Å². The summed E-state index contributed by atoms with van der Waals surface area (Å²) in [5, 5.41) is 12.1. The molecule has 0 aliphatic heterocycles. The van der Waals surface area contributed by atoms with Gasteiger partial charge in [-0.2, -0.15) is 0 Å². The molecule has 192 valence electrons. The zero-order valence-electron chi connectivity index (χ0n) is 14.6. The van der Waals surface area contributed by atoms with E-state index in [0.29, 0.717) is 0 Å². The van der Waals surface area contributed by atoms with Crippen molar-refractivity contribution in [2.45, 2.75) is 0 Å². The van der Waals surface area contributed by atoms with Crippen LogP contribution in [0.25, 0.3) is 0 Å². The molecular formula is C2H22Al2N6O18S3. The summed E-state index contributed by atoms with van der Waals surface area (Å²) in [5.41, 5.74) is 17.9. The van der Waals surface area contributed by atoms with E-state index < -0.39 is 31.2 Å². The molecule has 0 radical (unpaired) electrons. The molecule has 0 unspecified atom stereocenters. The summed E-state index contributed by atoms with van der Waals surface area (Å²) >= 11 is 0. The van der Waals surface area contributed by atoms with E-state index in [1.54, 1.807) is 0 Å². The van der Waals surface area contributed by atoms with Crippen LogP contribution < -0.4 is 22.9 Å². The van der Waals surface area contributed by atoms with E-state index in [4.69, 9.17) is 63.4 Å². The van der Waals surface area contributed by atoms with Gasteiger partial charge >= 0.3 is 34.7 Å². The number of rotatable bonds is 0. The summed E-state index contributed by atoms with van der Waals surface area (Å²) in [6.45, 7) is 0. The van der Waals surface area contributed by atoms with E-state index >= 15 is 0 Å². The summed E-state index contributed by atoms with van der Waals surface area (Å²) in [6, 6.07) is 0. The third kappa shape index (κ3) is 20100. The van der Waals surface area contributed by atoms with Crippen molar-refractivity contribution in [3.8, 4) is 0 Å². The summed E-state index contributed by atoms with van der Waals surface area (Å²) in [7, 11) is -15.5. The largest absolute Gasteiger partial charge is 3.00 e. The molecular weight excluding hydrogens is 546 g/mol. The minimum absolute atomic E-state index is 0. The van der Waals surface area contributed by atoms with Gasteiger partial charge in [-0.25, -0.2) is 0 Å². The quantitative estimate of drug-likeness (QED) is 0.0519. The molecule has 0 aromatic carbocycles. The molecule has 0 bridgehead atoms. The molecule has 0 atom stereocenters. The molecule has 22 N–H and O–H groups in total. The first kappa shape index (κ1) is 87.3. The van der Waals surface area contributed by atoms with Crippen molar-refractivity contribution in [3.05, 3.63) is 0 Å². The van der Waals surface area contributed by atoms with Crippen molar-refractivity contribution in [2.24, 2.45) is 22.9 Å². The van der Waals surface area contributed by atoms with Crippen molar-refractivity contribution in [3.63, 3.8) is 0 Å². The third-order valence-electron chi connectivity index (χ3n) is 0. The van der Waals surface area contributed by atoms with Crippen molar-refractivity contribution in [1.82, 2.24) is 0 Å². The van der Waals surface area contributed by atoms with E-state index in [9.17, 15) is 0 Å². The number of guanidine groups is 2. The van der Waals surface area contributed by atoms with Crippen LogP contribution >= 0.6 is 0 Å². The molecule has 24 nitrogen and oxygen atoms in total. The fourth-order valence-corrected chi connectivity index (χ4v) is 0. The van der Waals surface area contributed by atoms with Crippen molar-refractivity contribution < 1.29 is 85.4 Å². The molecule has 31 heavy (non-hydrogen) atoms. The van der Waals surface area contributed by atoms with Crippen LogP contribution in [0.4, 0.5) is 0 Å². The average Bonchev–Trinajstić information content (AvgIpc) is 1.85. The first-order valence-corrected chi connectivity index (χ1v) is 7.65. The molecule has 0 aliphatic carbocycles. The van der Waals surface area contributed by atoms with Gasteiger partial charge in [0.1, 0.15) is 0 Å². The van der Waals surface area contributed by atoms with Crippen LogP contribution in [-0.2, 0) is 31.2 Å². The number of nitrogens with one attached hydrogen (secondary N) is 2. The van der Waals surface area contributed by atoms with Gasteiger partial charge in [-0.15, -0.1) is 0 Å². The van der Waals surface area contributed by atoms with Crippen molar-refractivity contribution >= 4 is 77.8 Å². The summed E-state index contributed by atoms with van der Waals surface area (Å²) < 4.78 is 102. The Labute approximate surface area is 196 Å². The Morgan fingerprint density at radius 2 is 0.452 bits per heavy atom. The van der Waals surface area contributed by atoms with E-state index in [1.807, 2.05) is 0 Å². The molecule has 0 saturated heterocycles. The average molecular weight is 568 g/mol. The number of hydrogen-bond acceptors (Lipinski definition) is 14. The molecule has 0 aliphatic rings. The Morgan fingerprint density at radius 3 is 0.452 bits per heavy atom. The second-order valence-corrected chi connectivity index (χ2v) is 4.58. The monoisotopic (exact) mass is 568 g/mol. The second-order valence-electron chi connectivity index (χ2n) is 2.14. The smallest absolute Gasteiger partial charge is 0.759 e. The Morgan fingerprint density at radius 1 is 0.452 bits per heavy atom. The number of nitrogens with two attached hydrogens (primary N) is 4. The standard InChI is InChI=1S/2CH5N3.2Al.3H2O4S.6H2O/c2*2-1(3)4;;;3*1-5(2,3)4;;;;;;/h2*(H5,2,3,4);;;3*(H2,1,2,3,4);6*1H2/q;;2*+3;;;;;;;;;/p-6. The molecule has 0 fully saturated rings. The van der Waals surface area contributed by atoms with Gasteiger partial charge in [0, 0.05) is 31.2 Å². The van der Waals surface area contributed by atoms with Crippen LogP contribution in [-0.4, -0.2) is 132 Å². The van der Waals surface area contributed by atoms with E-state index in [-0.39, 0.29) is 79.5 Å². The summed E-state index contributed by atoms with van der Waals surface area (Å²) in [5.74, 6) is -0.667. The predicted molar refractivity (Wildman–Crippen MR) is 96.8 cm³/mol. The van der Waals surface area contributed by atoms with Gasteiger partial charge < -0.3 is 83.1 Å². The van der Waals surface area contributed by atoms with Crippen molar-refractivity contribution in [1.29, 1.82) is 10.8 Å². The first-order valence-electron chi connectivity index (χ1n) is 3.65. The summed E-state index contributed by atoms with van der Waals surface area (Å²) in [6.07, 6.45) is 0. The molecule has 0 rings (SSSR count). The van der Waals surface area contributed by atoms with Crippen LogP contribution in [0, 0.1) is 10.8 Å². The normalized spacial score (nSPS) is 7.16. The maximum Gasteiger partial charge on any atom is 3.00 e. The van der Waals surface area contributed by atoms with Gasteiger partial charge in [0.15, 0.2) is 11.9 Å². The van der Waals surface area contributed by atoms with E-state index in [2.05, 4.69) is 22.9 Å². The molecule has 0 aromatic rings. The van der Waals surface area contributed by atoms with E-state index in [1.165, 1.54) is 0 Å². The van der Waals surface area contributed by atoms with Crippen LogP contribution in [0.5, 0.6) is 0 Å². The molecule has 0 spiro atoms. The third-order valence-corrected chi connectivity index (χ3v) is 0. The van der Waals surface area contributed by atoms with Gasteiger partial charge in [-0.05, 0) is 0 Å². The molecule has 29 heteroatoms. The Hall–Kier alpha value is -1.03. The zero-order chi connectivity index (χ0) is 20.7. The minimum atomic E-state index is -5.17. The fraction of sp³-hybridized carbons (Fsp3) is 0. The Bertz CT molecular complexity index is 518. The molecule has 0 heterocycles. The van der Waals surface area contributed by atoms with Gasteiger partial charge in [0.05, 0.1) is 0 Å². The van der Waals surface area contributed by atoms with Gasteiger partial charge in [-0.3, -0.25) is 36.1 Å². The molecule has 0 aromatic heterocycles. The Balaban J connectivity index is -0.0000000112. The van der Waals surface area contributed by atoms with Crippen molar-refractivity contribution in [2.75, 3.05) is 0 Å². The van der Waals surface area contributed by atoms with E-state index in [0.717, 1.165) is 0 Å². The van der Waals surface area contributed by atoms with Crippen LogP contribution in [0.1, 0.15) is 0 Å². The topological polar surface area (TPSA) is 582 Å². The second kappa shape index (κ2) is 43.0. The van der Waals surface area contributed by atoms with Gasteiger partial charge in [-0.1, -0.05) is 0 Å². The predicted octanol–water partition coefficient (Wildman–Crippen LogP) is -12.0. The number of hydrogen-bond donors (Lipinski definition) is 6. The van der Waals surface area contributed by atoms with Crippen LogP contribution in [0.2, 0.25) is 0 Å². The maximum absolute atomic E-state index is 8.52. The molecule has 0 saturated carbocycles. The van der Waals surface area contributed by atoms with Gasteiger partial charge in [0.25, 0.3) is 0 Å². The van der Waals surface area contributed by atoms with Gasteiger partial charge in [0.2, 0.25) is 0 Å². The fourth-order valence-electron chi connectivity index (χ4n) is 0. The zero-order valence-corrected chi connectivity index (χ0v) is 19.3. The SMILES string of the molecule is N=C(N)N.N=C(N)N.O.O.O.O.O.O.O=S(=O)([O-])[O-].O=S(=O)([O-])[O-].O=S(=O)([O-])[O-].[Al+3].[Al+3]. The molecule has 0 amide bonds. The maximum atomic E-state index is 8.52. The summed E-state index contributed by atoms with van der Waals surface area (Å²) in [4.78, 5) is 0.